The molecule has 0 spiro atoms. The molecule has 0 saturated carbocycles. The van der Waals surface area contributed by atoms with Crippen molar-refractivity contribution in [2.45, 2.75) is 168 Å². The zero-order chi connectivity index (χ0) is 29.1. The summed E-state index contributed by atoms with van der Waals surface area (Å²) in [6, 6.07) is 0. The maximum Gasteiger partial charge on any atom is 0.317 e. The highest BCUT2D eigenvalue weighted by atomic mass is 16.6. The van der Waals surface area contributed by atoms with Crippen LogP contribution in [-0.4, -0.2) is 34.1 Å². The molecule has 1 rings (SSSR count). The van der Waals surface area contributed by atoms with Crippen molar-refractivity contribution in [2.24, 2.45) is 11.8 Å². The van der Waals surface area contributed by atoms with E-state index in [9.17, 15) is 19.2 Å². The standard InChI is InChI=1S/C16H30O4.C16H28O3/c1-2-3-4-5-6-7-8-9-10-11-12-14(16(19)20)13-15(17)18;1-2-3-4-5-6-7-8-9-10-11-12-14-13-15(17)19-16(14)18/h14H,2-13H2,1H3,(H,17,18)(H,19,20);14H,2-13H2,1H3. The van der Waals surface area contributed by atoms with Crippen molar-refractivity contribution in [2.75, 3.05) is 0 Å². The molecule has 0 amide bonds. The van der Waals surface area contributed by atoms with Crippen LogP contribution in [0.2, 0.25) is 0 Å². The molecular weight excluding hydrogens is 496 g/mol. The molecule has 0 aromatic heterocycles. The Morgan fingerprint density at radius 1 is 0.692 bits per heavy atom. The Labute approximate surface area is 237 Å². The van der Waals surface area contributed by atoms with Gasteiger partial charge >= 0.3 is 23.9 Å². The fourth-order valence-electron chi connectivity index (χ4n) is 5.02. The maximum atomic E-state index is 11.2. The van der Waals surface area contributed by atoms with Gasteiger partial charge in [0.25, 0.3) is 0 Å². The van der Waals surface area contributed by atoms with Gasteiger partial charge in [-0.25, -0.2) is 0 Å². The maximum absolute atomic E-state index is 11.2. The molecule has 0 aliphatic carbocycles. The molecule has 2 unspecified atom stereocenters. The number of hydrogen-bond acceptors (Lipinski definition) is 5. The molecule has 1 aliphatic rings. The summed E-state index contributed by atoms with van der Waals surface area (Å²) in [5.41, 5.74) is 0. The van der Waals surface area contributed by atoms with E-state index in [2.05, 4.69) is 18.6 Å². The molecule has 7 heteroatoms. The third-order valence-corrected chi connectivity index (χ3v) is 7.54. The topological polar surface area (TPSA) is 118 Å². The zero-order valence-electron chi connectivity index (χ0n) is 25.1. The molecule has 1 saturated heterocycles. The SMILES string of the molecule is CCCCCCCCCCCCC(CC(=O)O)C(=O)O.CCCCCCCCCCCCC1CC(=O)OC1=O. The third kappa shape index (κ3) is 23.7. The van der Waals surface area contributed by atoms with Gasteiger partial charge < -0.3 is 14.9 Å². The molecule has 0 aromatic rings. The summed E-state index contributed by atoms with van der Waals surface area (Å²) in [6.45, 7) is 4.46. The van der Waals surface area contributed by atoms with Crippen LogP contribution in [0.4, 0.5) is 0 Å². The van der Waals surface area contributed by atoms with Crippen molar-refractivity contribution in [3.05, 3.63) is 0 Å². The first-order valence-corrected chi connectivity index (χ1v) is 16.0. The first kappa shape index (κ1) is 37.1. The number of unbranched alkanes of at least 4 members (excludes halogenated alkanes) is 18. The lowest BCUT2D eigenvalue weighted by Gasteiger charge is -2.09. The number of cyclic esters (lactones) is 2. The Hall–Kier alpha value is -1.92. The number of esters is 2. The van der Waals surface area contributed by atoms with E-state index in [4.69, 9.17) is 10.2 Å². The summed E-state index contributed by atoms with van der Waals surface area (Å²) in [5.74, 6) is -3.53. The molecule has 0 aromatic carbocycles. The van der Waals surface area contributed by atoms with Gasteiger partial charge in [0.15, 0.2) is 0 Å². The van der Waals surface area contributed by atoms with Gasteiger partial charge in [-0.1, -0.05) is 142 Å². The first-order valence-electron chi connectivity index (χ1n) is 16.0. The van der Waals surface area contributed by atoms with Gasteiger partial charge in [0.1, 0.15) is 0 Å². The first-order chi connectivity index (χ1) is 18.8. The summed E-state index contributed by atoms with van der Waals surface area (Å²) in [5, 5.41) is 17.5. The molecule has 1 heterocycles. The van der Waals surface area contributed by atoms with Gasteiger partial charge in [0.2, 0.25) is 0 Å². The van der Waals surface area contributed by atoms with E-state index < -0.39 is 17.9 Å². The summed E-state index contributed by atoms with van der Waals surface area (Å²) < 4.78 is 4.54. The molecule has 0 radical (unpaired) electrons. The van der Waals surface area contributed by atoms with Crippen molar-refractivity contribution >= 4 is 23.9 Å². The van der Waals surface area contributed by atoms with Crippen LogP contribution in [0.5, 0.6) is 0 Å². The van der Waals surface area contributed by atoms with E-state index in [0.717, 1.165) is 32.1 Å². The van der Waals surface area contributed by atoms with Crippen LogP contribution >= 0.6 is 0 Å². The van der Waals surface area contributed by atoms with E-state index in [1.165, 1.54) is 103 Å². The number of carbonyl (C=O) groups is 4. The van der Waals surface area contributed by atoms with Crippen LogP contribution in [0.15, 0.2) is 0 Å². The highest BCUT2D eigenvalue weighted by molar-refractivity contribution is 5.94. The Morgan fingerprint density at radius 2 is 1.10 bits per heavy atom. The number of rotatable bonds is 25. The Morgan fingerprint density at radius 3 is 1.46 bits per heavy atom. The van der Waals surface area contributed by atoms with E-state index in [0.29, 0.717) is 12.8 Å². The number of aliphatic carboxylic acids is 2. The van der Waals surface area contributed by atoms with Crippen LogP contribution in [0.25, 0.3) is 0 Å². The van der Waals surface area contributed by atoms with Crippen LogP contribution in [0, 0.1) is 11.8 Å². The van der Waals surface area contributed by atoms with E-state index >= 15 is 0 Å². The molecule has 39 heavy (non-hydrogen) atoms. The lowest BCUT2D eigenvalue weighted by atomic mass is 9.97. The van der Waals surface area contributed by atoms with Gasteiger partial charge in [0, 0.05) is 0 Å². The summed E-state index contributed by atoms with van der Waals surface area (Å²) in [7, 11) is 0. The smallest absolute Gasteiger partial charge is 0.317 e. The van der Waals surface area contributed by atoms with Crippen molar-refractivity contribution in [3.8, 4) is 0 Å². The van der Waals surface area contributed by atoms with E-state index in [-0.39, 0.29) is 24.3 Å². The molecule has 2 N–H and O–H groups in total. The normalized spacial score (nSPS) is 15.5. The van der Waals surface area contributed by atoms with Gasteiger partial charge in [-0.2, -0.15) is 0 Å². The molecule has 0 bridgehead atoms. The Bertz CT molecular complexity index is 646. The number of carboxylic acid groups (broad SMARTS) is 2. The van der Waals surface area contributed by atoms with Crippen LogP contribution in [-0.2, 0) is 23.9 Å². The molecule has 1 fully saturated rings. The molecule has 1 aliphatic heterocycles. The second-order valence-corrected chi connectivity index (χ2v) is 11.3. The van der Waals surface area contributed by atoms with Gasteiger partial charge in [0.05, 0.1) is 24.7 Å². The Kier molecular flexibility index (Phi) is 25.0. The van der Waals surface area contributed by atoms with Gasteiger partial charge in [-0.15, -0.1) is 0 Å². The lowest BCUT2D eigenvalue weighted by molar-refractivity contribution is -0.153. The van der Waals surface area contributed by atoms with Crippen molar-refractivity contribution in [3.63, 3.8) is 0 Å². The number of hydrogen-bond donors (Lipinski definition) is 2. The van der Waals surface area contributed by atoms with Crippen molar-refractivity contribution in [1.29, 1.82) is 0 Å². The van der Waals surface area contributed by atoms with E-state index in [1.54, 1.807) is 0 Å². The Balaban J connectivity index is 0.000000741. The van der Waals surface area contributed by atoms with Gasteiger partial charge in [-0.3, -0.25) is 19.2 Å². The quantitative estimate of drug-likeness (QED) is 0.0657. The van der Waals surface area contributed by atoms with Crippen LogP contribution in [0.1, 0.15) is 168 Å². The summed E-state index contributed by atoms with van der Waals surface area (Å²) in [6.07, 6.45) is 26.3. The fraction of sp³-hybridized carbons (Fsp3) is 0.875. The molecular formula is C32H58O7. The monoisotopic (exact) mass is 554 g/mol. The molecule has 228 valence electrons. The average Bonchev–Trinajstić information content (AvgIpc) is 3.22. The van der Waals surface area contributed by atoms with Crippen molar-refractivity contribution in [1.82, 2.24) is 0 Å². The fourth-order valence-corrected chi connectivity index (χ4v) is 5.02. The minimum Gasteiger partial charge on any atom is -0.481 e. The third-order valence-electron chi connectivity index (χ3n) is 7.54. The average molecular weight is 555 g/mol. The number of carboxylic acids is 2. The predicted octanol–water partition coefficient (Wildman–Crippen LogP) is 8.86. The predicted molar refractivity (Wildman–Crippen MR) is 156 cm³/mol. The molecule has 2 atom stereocenters. The van der Waals surface area contributed by atoms with Gasteiger partial charge in [-0.05, 0) is 12.8 Å². The second kappa shape index (κ2) is 26.3. The highest BCUT2D eigenvalue weighted by Gasteiger charge is 2.32. The minimum atomic E-state index is -1.02. The van der Waals surface area contributed by atoms with Crippen molar-refractivity contribution < 1.29 is 34.1 Å². The summed E-state index contributed by atoms with van der Waals surface area (Å²) in [4.78, 5) is 43.5. The van der Waals surface area contributed by atoms with Crippen LogP contribution < -0.4 is 0 Å². The molecule has 7 nitrogen and oxygen atoms in total. The van der Waals surface area contributed by atoms with Crippen LogP contribution in [0.3, 0.4) is 0 Å². The number of carbonyl (C=O) groups excluding carboxylic acids is 2. The summed E-state index contributed by atoms with van der Waals surface area (Å²) >= 11 is 0. The minimum absolute atomic E-state index is 0.151. The largest absolute Gasteiger partial charge is 0.481 e. The second-order valence-electron chi connectivity index (χ2n) is 11.3. The number of ether oxygens (including phenoxy) is 1. The lowest BCUT2D eigenvalue weighted by Crippen LogP contribution is -2.17. The zero-order valence-corrected chi connectivity index (χ0v) is 25.1. The van der Waals surface area contributed by atoms with E-state index in [1.807, 2.05) is 0 Å². The highest BCUT2D eigenvalue weighted by Crippen LogP contribution is 2.22.